The van der Waals surface area contributed by atoms with Crippen molar-refractivity contribution >= 4 is 34.4 Å². The van der Waals surface area contributed by atoms with Crippen LogP contribution in [0.1, 0.15) is 31.5 Å². The van der Waals surface area contributed by atoms with Gasteiger partial charge in [-0.1, -0.05) is 6.92 Å². The van der Waals surface area contributed by atoms with Crippen LogP contribution in [0.2, 0.25) is 0 Å². The van der Waals surface area contributed by atoms with Gasteiger partial charge in [0.2, 0.25) is 4.77 Å². The van der Waals surface area contributed by atoms with Gasteiger partial charge >= 0.3 is 0 Å². The number of aromatic amines is 1. The normalized spacial score (nSPS) is 11.0. The van der Waals surface area contributed by atoms with E-state index in [1.165, 1.54) is 6.21 Å². The number of aromatic nitrogens is 3. The third-order valence-corrected chi connectivity index (χ3v) is 3.97. The van der Waals surface area contributed by atoms with Crippen LogP contribution in [-0.4, -0.2) is 34.3 Å². The zero-order chi connectivity index (χ0) is 18.4. The second-order valence-corrected chi connectivity index (χ2v) is 6.33. The molecule has 0 unspecified atom stereocenters. The number of aryl methyl sites for hydroxylation is 1. The molecular formula is C16H19BrN4O3S. The molecule has 0 aliphatic heterocycles. The van der Waals surface area contributed by atoms with Crippen molar-refractivity contribution in [1.82, 2.24) is 14.9 Å². The van der Waals surface area contributed by atoms with Crippen molar-refractivity contribution in [2.45, 2.75) is 27.2 Å². The van der Waals surface area contributed by atoms with Gasteiger partial charge in [-0.3, -0.25) is 9.89 Å². The topological polar surface area (TPSA) is 81.5 Å². The van der Waals surface area contributed by atoms with Crippen molar-refractivity contribution in [3.8, 4) is 11.5 Å². The van der Waals surface area contributed by atoms with E-state index >= 15 is 0 Å². The summed E-state index contributed by atoms with van der Waals surface area (Å²) < 4.78 is 13.4. The van der Waals surface area contributed by atoms with Crippen LogP contribution in [0.15, 0.2) is 26.5 Å². The molecule has 0 saturated heterocycles. The average molecular weight is 427 g/mol. The maximum atomic E-state index is 12.1. The van der Waals surface area contributed by atoms with Crippen LogP contribution in [-0.2, 0) is 0 Å². The van der Waals surface area contributed by atoms with Crippen molar-refractivity contribution in [2.75, 3.05) is 13.2 Å². The van der Waals surface area contributed by atoms with Crippen LogP contribution >= 0.6 is 28.1 Å². The molecular weight excluding hydrogens is 408 g/mol. The van der Waals surface area contributed by atoms with E-state index in [1.807, 2.05) is 19.9 Å². The van der Waals surface area contributed by atoms with Crippen molar-refractivity contribution in [3.05, 3.63) is 43.0 Å². The lowest BCUT2D eigenvalue weighted by Gasteiger charge is -2.14. The maximum absolute atomic E-state index is 12.1. The molecule has 7 nitrogen and oxygen atoms in total. The van der Waals surface area contributed by atoms with Gasteiger partial charge in [0.15, 0.2) is 11.5 Å². The van der Waals surface area contributed by atoms with Crippen LogP contribution in [0.25, 0.3) is 0 Å². The van der Waals surface area contributed by atoms with Gasteiger partial charge in [-0.15, -0.1) is 0 Å². The summed E-state index contributed by atoms with van der Waals surface area (Å²) >= 11 is 8.55. The van der Waals surface area contributed by atoms with Gasteiger partial charge in [-0.2, -0.15) is 14.9 Å². The van der Waals surface area contributed by atoms with E-state index < -0.39 is 0 Å². The van der Waals surface area contributed by atoms with Crippen LogP contribution in [0.5, 0.6) is 11.5 Å². The van der Waals surface area contributed by atoms with Gasteiger partial charge in [-0.25, -0.2) is 0 Å². The van der Waals surface area contributed by atoms with Crippen molar-refractivity contribution in [3.63, 3.8) is 0 Å². The molecule has 1 N–H and O–H groups in total. The molecule has 9 heteroatoms. The third kappa shape index (κ3) is 4.76. The largest absolute Gasteiger partial charge is 0.490 e. The Kier molecular flexibility index (Phi) is 6.89. The number of H-pyrrole nitrogens is 1. The fourth-order valence-corrected chi connectivity index (χ4v) is 2.72. The molecule has 1 heterocycles. The minimum Gasteiger partial charge on any atom is -0.490 e. The van der Waals surface area contributed by atoms with Gasteiger partial charge < -0.3 is 9.47 Å². The molecule has 0 aliphatic carbocycles. The highest BCUT2D eigenvalue weighted by Gasteiger charge is 2.11. The van der Waals surface area contributed by atoms with Crippen LogP contribution < -0.4 is 15.0 Å². The summed E-state index contributed by atoms with van der Waals surface area (Å²) in [5, 5.41) is 10.5. The molecule has 0 saturated carbocycles. The zero-order valence-electron chi connectivity index (χ0n) is 14.2. The second-order valence-electron chi connectivity index (χ2n) is 5.09. The number of ether oxygens (including phenoxy) is 2. The lowest BCUT2D eigenvalue weighted by Crippen LogP contribution is -2.22. The monoisotopic (exact) mass is 426 g/mol. The number of rotatable bonds is 7. The molecule has 0 amide bonds. The first kappa shape index (κ1) is 19.3. The fraction of sp³-hybridized carbons (Fsp3) is 0.375. The molecule has 0 spiro atoms. The molecule has 0 aliphatic rings. The van der Waals surface area contributed by atoms with E-state index in [-0.39, 0.29) is 16.0 Å². The van der Waals surface area contributed by atoms with Crippen molar-refractivity contribution < 1.29 is 9.47 Å². The summed E-state index contributed by atoms with van der Waals surface area (Å²) in [5.74, 6) is 1.25. The van der Waals surface area contributed by atoms with Crippen LogP contribution in [0, 0.1) is 11.7 Å². The minimum atomic E-state index is -0.369. The van der Waals surface area contributed by atoms with Crippen LogP contribution in [0.4, 0.5) is 0 Å². The van der Waals surface area contributed by atoms with Crippen molar-refractivity contribution in [2.24, 2.45) is 5.10 Å². The first-order valence-corrected chi connectivity index (χ1v) is 8.99. The Hall–Kier alpha value is -2.00. The number of hydrogen-bond acceptors (Lipinski definition) is 6. The summed E-state index contributed by atoms with van der Waals surface area (Å²) in [5.41, 5.74) is 0.646. The number of hydrogen-bond donors (Lipinski definition) is 1. The highest BCUT2D eigenvalue weighted by molar-refractivity contribution is 9.10. The number of halogens is 1. The fourth-order valence-electron chi connectivity index (χ4n) is 1.97. The Bertz CT molecular complexity index is 892. The molecule has 1 aromatic carbocycles. The molecule has 0 radical (unpaired) electrons. The highest BCUT2D eigenvalue weighted by Crippen LogP contribution is 2.36. The quantitative estimate of drug-likeness (QED) is 0.541. The van der Waals surface area contributed by atoms with E-state index in [4.69, 9.17) is 21.7 Å². The van der Waals surface area contributed by atoms with E-state index in [2.05, 4.69) is 31.2 Å². The summed E-state index contributed by atoms with van der Waals surface area (Å²) in [6, 6.07) is 3.64. The minimum absolute atomic E-state index is 0.124. The standard InChI is InChI=1S/C16H19BrN4O3S/c1-4-6-24-14-12(17)7-11(8-13(14)23-5-2)9-18-21-15(22)10(3)19-20-16(21)25/h7-9H,4-6H2,1-3H3,(H,20,25)/b18-9-. The summed E-state index contributed by atoms with van der Waals surface area (Å²) in [4.78, 5) is 12.1. The molecule has 1 aromatic heterocycles. The van der Waals surface area contributed by atoms with Gasteiger partial charge in [0.25, 0.3) is 5.56 Å². The lowest BCUT2D eigenvalue weighted by atomic mass is 10.2. The van der Waals surface area contributed by atoms with E-state index in [1.54, 1.807) is 13.0 Å². The second kappa shape index (κ2) is 8.91. The third-order valence-electron chi connectivity index (χ3n) is 3.12. The number of nitrogens with one attached hydrogen (secondary N) is 1. The average Bonchev–Trinajstić information content (AvgIpc) is 2.58. The Balaban J connectivity index is 2.42. The molecule has 0 bridgehead atoms. The number of benzene rings is 1. The predicted molar refractivity (Wildman–Crippen MR) is 103 cm³/mol. The van der Waals surface area contributed by atoms with E-state index in [9.17, 15) is 4.79 Å². The predicted octanol–water partition coefficient (Wildman–Crippen LogP) is 3.44. The molecule has 2 rings (SSSR count). The number of nitrogens with zero attached hydrogens (tertiary/aromatic N) is 3. The van der Waals surface area contributed by atoms with Gasteiger partial charge in [0.05, 0.1) is 23.9 Å². The molecule has 25 heavy (non-hydrogen) atoms. The van der Waals surface area contributed by atoms with Gasteiger partial charge in [0, 0.05) is 0 Å². The summed E-state index contributed by atoms with van der Waals surface area (Å²) in [6.07, 6.45) is 2.42. The van der Waals surface area contributed by atoms with E-state index in [0.717, 1.165) is 21.1 Å². The summed E-state index contributed by atoms with van der Waals surface area (Å²) in [6.45, 7) is 6.62. The first-order valence-electron chi connectivity index (χ1n) is 7.79. The Morgan fingerprint density at radius 1 is 1.40 bits per heavy atom. The Labute approximate surface area is 158 Å². The van der Waals surface area contributed by atoms with Gasteiger partial charge in [0.1, 0.15) is 5.69 Å². The lowest BCUT2D eigenvalue weighted by molar-refractivity contribution is 0.275. The maximum Gasteiger partial charge on any atom is 0.296 e. The highest BCUT2D eigenvalue weighted by atomic mass is 79.9. The van der Waals surface area contributed by atoms with Crippen LogP contribution in [0.3, 0.4) is 0 Å². The Morgan fingerprint density at radius 3 is 2.84 bits per heavy atom. The smallest absolute Gasteiger partial charge is 0.296 e. The Morgan fingerprint density at radius 2 is 2.16 bits per heavy atom. The SMILES string of the molecule is CCCOc1c(Br)cc(/C=N\n2c(=S)[nH]nc(C)c2=O)cc1OCC. The summed E-state index contributed by atoms with van der Waals surface area (Å²) in [7, 11) is 0. The molecule has 2 aromatic rings. The first-order chi connectivity index (χ1) is 12.0. The van der Waals surface area contributed by atoms with E-state index in [0.29, 0.717) is 24.7 Å². The molecule has 0 atom stereocenters. The zero-order valence-corrected chi connectivity index (χ0v) is 16.6. The molecule has 134 valence electrons. The van der Waals surface area contributed by atoms with Crippen molar-refractivity contribution in [1.29, 1.82) is 0 Å². The molecule has 0 fully saturated rings. The van der Waals surface area contributed by atoms with Gasteiger partial charge in [-0.05, 0) is 66.1 Å².